The summed E-state index contributed by atoms with van der Waals surface area (Å²) in [6.07, 6.45) is 0. The van der Waals surface area contributed by atoms with Crippen LogP contribution >= 0.6 is 0 Å². The SMILES string of the molecule is COc1ccc(F)cc1C(=O)NCc1noc(C(N)=O)n1. The Morgan fingerprint density at radius 3 is 2.86 bits per heavy atom. The van der Waals surface area contributed by atoms with Gasteiger partial charge in [-0.25, -0.2) is 4.39 Å². The van der Waals surface area contributed by atoms with Gasteiger partial charge >= 0.3 is 11.8 Å². The van der Waals surface area contributed by atoms with Crippen molar-refractivity contribution in [2.75, 3.05) is 7.11 Å². The molecule has 2 amide bonds. The van der Waals surface area contributed by atoms with Crippen molar-refractivity contribution in [2.24, 2.45) is 5.73 Å². The van der Waals surface area contributed by atoms with E-state index in [2.05, 4.69) is 20.0 Å². The van der Waals surface area contributed by atoms with Crippen LogP contribution in [0.3, 0.4) is 0 Å². The number of carbonyl (C=O) groups excluding carboxylic acids is 2. The number of aromatic nitrogens is 2. The number of rotatable bonds is 5. The predicted octanol–water partition coefficient (Wildman–Crippen LogP) is 0.246. The Labute approximate surface area is 118 Å². The number of hydrogen-bond donors (Lipinski definition) is 2. The Balaban J connectivity index is 2.07. The number of ether oxygens (including phenoxy) is 1. The number of nitrogens with two attached hydrogens (primary N) is 1. The van der Waals surface area contributed by atoms with Crippen molar-refractivity contribution >= 4 is 11.8 Å². The number of hydrogen-bond acceptors (Lipinski definition) is 6. The number of halogens is 1. The van der Waals surface area contributed by atoms with E-state index in [-0.39, 0.29) is 29.6 Å². The van der Waals surface area contributed by atoms with Gasteiger partial charge in [0.1, 0.15) is 11.6 Å². The molecule has 0 aliphatic carbocycles. The van der Waals surface area contributed by atoms with E-state index in [0.717, 1.165) is 6.07 Å². The number of nitrogens with one attached hydrogen (secondary N) is 1. The molecule has 3 N–H and O–H groups in total. The van der Waals surface area contributed by atoms with Gasteiger partial charge in [-0.2, -0.15) is 4.98 Å². The molecule has 0 fully saturated rings. The van der Waals surface area contributed by atoms with Crippen LogP contribution in [0.5, 0.6) is 5.75 Å². The summed E-state index contributed by atoms with van der Waals surface area (Å²) in [5, 5.41) is 5.90. The molecule has 0 bridgehead atoms. The molecular weight excluding hydrogens is 283 g/mol. The van der Waals surface area contributed by atoms with Crippen molar-refractivity contribution in [3.8, 4) is 5.75 Å². The number of methoxy groups -OCH3 is 1. The number of benzene rings is 1. The van der Waals surface area contributed by atoms with E-state index in [1.54, 1.807) is 0 Å². The van der Waals surface area contributed by atoms with E-state index in [1.165, 1.54) is 19.2 Å². The van der Waals surface area contributed by atoms with Crippen LogP contribution in [0.25, 0.3) is 0 Å². The number of nitrogens with zero attached hydrogens (tertiary/aromatic N) is 2. The smallest absolute Gasteiger partial charge is 0.315 e. The zero-order valence-corrected chi connectivity index (χ0v) is 10.9. The van der Waals surface area contributed by atoms with Gasteiger partial charge < -0.3 is 20.3 Å². The molecule has 0 saturated carbocycles. The van der Waals surface area contributed by atoms with Crippen LogP contribution in [0.4, 0.5) is 4.39 Å². The van der Waals surface area contributed by atoms with E-state index < -0.39 is 17.6 Å². The average Bonchev–Trinajstić information content (AvgIpc) is 2.94. The van der Waals surface area contributed by atoms with E-state index in [0.29, 0.717) is 0 Å². The topological polar surface area (TPSA) is 120 Å². The molecule has 9 heteroatoms. The minimum atomic E-state index is -0.869. The minimum absolute atomic E-state index is 0.0242. The van der Waals surface area contributed by atoms with Crippen LogP contribution in [0.2, 0.25) is 0 Å². The molecule has 110 valence electrons. The first-order valence-electron chi connectivity index (χ1n) is 5.75. The van der Waals surface area contributed by atoms with Gasteiger partial charge in [-0.15, -0.1) is 0 Å². The molecular formula is C12H11FN4O4. The van der Waals surface area contributed by atoms with Gasteiger partial charge in [0.05, 0.1) is 19.2 Å². The van der Waals surface area contributed by atoms with Gasteiger partial charge in [-0.3, -0.25) is 9.59 Å². The van der Waals surface area contributed by atoms with Gasteiger partial charge in [0.25, 0.3) is 5.91 Å². The third-order valence-corrected chi connectivity index (χ3v) is 2.49. The third kappa shape index (κ3) is 3.32. The lowest BCUT2D eigenvalue weighted by atomic mass is 10.2. The third-order valence-electron chi connectivity index (χ3n) is 2.49. The van der Waals surface area contributed by atoms with Crippen molar-refractivity contribution < 1.29 is 23.2 Å². The Hall–Kier alpha value is -2.97. The summed E-state index contributed by atoms with van der Waals surface area (Å²) in [7, 11) is 1.36. The first kappa shape index (κ1) is 14.4. The standard InChI is InChI=1S/C12H11FN4O4/c1-20-8-3-2-6(13)4-7(8)11(19)15-5-9-16-12(10(14)18)21-17-9/h2-4H,5H2,1H3,(H2,14,18)(H,15,19). The number of primary amides is 1. The van der Waals surface area contributed by atoms with Crippen molar-refractivity contribution in [1.29, 1.82) is 0 Å². The van der Waals surface area contributed by atoms with Crippen LogP contribution in [0.15, 0.2) is 22.7 Å². The molecule has 2 rings (SSSR count). The van der Waals surface area contributed by atoms with E-state index in [9.17, 15) is 14.0 Å². The van der Waals surface area contributed by atoms with Crippen LogP contribution in [0.1, 0.15) is 26.9 Å². The summed E-state index contributed by atoms with van der Waals surface area (Å²) in [4.78, 5) is 26.4. The quantitative estimate of drug-likeness (QED) is 0.815. The molecule has 21 heavy (non-hydrogen) atoms. The maximum atomic E-state index is 13.2. The molecule has 0 aliphatic heterocycles. The van der Waals surface area contributed by atoms with Crippen molar-refractivity contribution in [3.05, 3.63) is 41.3 Å². The van der Waals surface area contributed by atoms with Crippen LogP contribution in [0, 0.1) is 5.82 Å². The second-order valence-corrected chi connectivity index (χ2v) is 3.91. The van der Waals surface area contributed by atoms with Crippen molar-refractivity contribution in [2.45, 2.75) is 6.54 Å². The number of amides is 2. The van der Waals surface area contributed by atoms with Crippen LogP contribution in [-0.4, -0.2) is 29.1 Å². The molecule has 0 saturated heterocycles. The summed E-state index contributed by atoms with van der Waals surface area (Å²) >= 11 is 0. The Morgan fingerprint density at radius 2 is 2.24 bits per heavy atom. The molecule has 0 aliphatic rings. The second kappa shape index (κ2) is 5.99. The maximum Gasteiger partial charge on any atom is 0.315 e. The molecule has 0 radical (unpaired) electrons. The summed E-state index contributed by atoms with van der Waals surface area (Å²) in [5.41, 5.74) is 4.97. The molecule has 1 aromatic heterocycles. The zero-order chi connectivity index (χ0) is 15.4. The Kier molecular flexibility index (Phi) is 4.12. The van der Waals surface area contributed by atoms with E-state index >= 15 is 0 Å². The number of carbonyl (C=O) groups is 2. The van der Waals surface area contributed by atoms with Crippen LogP contribution < -0.4 is 15.8 Å². The molecule has 1 aromatic carbocycles. The first-order valence-corrected chi connectivity index (χ1v) is 5.75. The van der Waals surface area contributed by atoms with Gasteiger partial charge in [-0.05, 0) is 18.2 Å². The summed E-state index contributed by atoms with van der Waals surface area (Å²) in [6.45, 7) is -0.116. The highest BCUT2D eigenvalue weighted by molar-refractivity contribution is 5.96. The predicted molar refractivity (Wildman–Crippen MR) is 66.9 cm³/mol. The fraction of sp³-hybridized carbons (Fsp3) is 0.167. The zero-order valence-electron chi connectivity index (χ0n) is 10.9. The van der Waals surface area contributed by atoms with Gasteiger partial charge in [0.15, 0.2) is 5.82 Å². The largest absolute Gasteiger partial charge is 0.496 e. The lowest BCUT2D eigenvalue weighted by Gasteiger charge is -2.08. The maximum absolute atomic E-state index is 13.2. The van der Waals surface area contributed by atoms with E-state index in [4.69, 9.17) is 10.5 Å². The van der Waals surface area contributed by atoms with Gasteiger partial charge in [-0.1, -0.05) is 5.16 Å². The normalized spacial score (nSPS) is 10.2. The highest BCUT2D eigenvalue weighted by atomic mass is 19.1. The summed E-state index contributed by atoms with van der Waals surface area (Å²) in [5.74, 6) is -2.10. The monoisotopic (exact) mass is 294 g/mol. The highest BCUT2D eigenvalue weighted by Gasteiger charge is 2.15. The summed E-state index contributed by atoms with van der Waals surface area (Å²) in [6, 6.07) is 3.55. The fourth-order valence-corrected chi connectivity index (χ4v) is 1.54. The first-order chi connectivity index (χ1) is 10.0. The van der Waals surface area contributed by atoms with Gasteiger partial charge in [0, 0.05) is 0 Å². The summed E-state index contributed by atoms with van der Waals surface area (Å²) < 4.78 is 22.7. The van der Waals surface area contributed by atoms with Crippen LogP contribution in [-0.2, 0) is 6.54 Å². The van der Waals surface area contributed by atoms with Crippen molar-refractivity contribution in [1.82, 2.24) is 15.5 Å². The molecule has 1 heterocycles. The molecule has 0 spiro atoms. The molecule has 2 aromatic rings. The molecule has 8 nitrogen and oxygen atoms in total. The lowest BCUT2D eigenvalue weighted by Crippen LogP contribution is -2.24. The average molecular weight is 294 g/mol. The van der Waals surface area contributed by atoms with Gasteiger partial charge in [0.2, 0.25) is 0 Å². The Bertz CT molecular complexity index is 686. The van der Waals surface area contributed by atoms with Crippen molar-refractivity contribution in [3.63, 3.8) is 0 Å². The minimum Gasteiger partial charge on any atom is -0.496 e. The molecule has 0 unspecified atom stereocenters. The fourth-order valence-electron chi connectivity index (χ4n) is 1.54. The lowest BCUT2D eigenvalue weighted by molar-refractivity contribution is 0.0941. The molecule has 0 atom stereocenters. The highest BCUT2D eigenvalue weighted by Crippen LogP contribution is 2.19. The van der Waals surface area contributed by atoms with E-state index in [1.807, 2.05) is 0 Å². The Morgan fingerprint density at radius 1 is 1.48 bits per heavy atom. The second-order valence-electron chi connectivity index (χ2n) is 3.91.